The third kappa shape index (κ3) is 6.26. The zero-order valence-electron chi connectivity index (χ0n) is 14.6. The lowest BCUT2D eigenvalue weighted by atomic mass is 10.1. The molecule has 1 aromatic carbocycles. The molecular weight excluding hydrogens is 308 g/mol. The van der Waals surface area contributed by atoms with Gasteiger partial charge >= 0.3 is 0 Å². The Hall–Kier alpha value is -1.49. The van der Waals surface area contributed by atoms with Crippen molar-refractivity contribution in [3.05, 3.63) is 29.3 Å². The van der Waals surface area contributed by atoms with Crippen molar-refractivity contribution < 1.29 is 9.59 Å². The molecule has 2 amide bonds. The van der Waals surface area contributed by atoms with Crippen LogP contribution in [0, 0.1) is 6.92 Å². The molecule has 0 aliphatic carbocycles. The number of amides is 2. The third-order valence-corrected chi connectivity index (χ3v) is 4.44. The van der Waals surface area contributed by atoms with Crippen LogP contribution in [-0.2, 0) is 11.2 Å². The van der Waals surface area contributed by atoms with Crippen LogP contribution in [0.4, 0.5) is 10.5 Å². The van der Waals surface area contributed by atoms with E-state index in [1.165, 1.54) is 11.8 Å². The standard InChI is InChI=1S/C18H28N2O2S/c1-5-8-12-20(18(22)23-7-3)13-16(21)19-17-14(4)10-9-11-15(17)6-2/h9-11H,5-8,12-13H2,1-4H3,(H,19,21). The minimum absolute atomic E-state index is 0.0170. The van der Waals surface area contributed by atoms with E-state index in [-0.39, 0.29) is 17.7 Å². The smallest absolute Gasteiger partial charge is 0.282 e. The number of aryl methyl sites for hydroxylation is 2. The predicted molar refractivity (Wildman–Crippen MR) is 99.2 cm³/mol. The number of rotatable bonds is 8. The summed E-state index contributed by atoms with van der Waals surface area (Å²) in [5.41, 5.74) is 3.05. The highest BCUT2D eigenvalue weighted by atomic mass is 32.2. The Morgan fingerprint density at radius 2 is 1.96 bits per heavy atom. The summed E-state index contributed by atoms with van der Waals surface area (Å²) >= 11 is 1.26. The van der Waals surface area contributed by atoms with Gasteiger partial charge in [-0.3, -0.25) is 9.59 Å². The van der Waals surface area contributed by atoms with Crippen LogP contribution in [0.25, 0.3) is 0 Å². The molecule has 1 aromatic rings. The van der Waals surface area contributed by atoms with E-state index in [4.69, 9.17) is 0 Å². The van der Waals surface area contributed by atoms with Crippen molar-refractivity contribution in [3.8, 4) is 0 Å². The third-order valence-electron chi connectivity index (χ3n) is 3.65. The summed E-state index contributed by atoms with van der Waals surface area (Å²) in [5, 5.41) is 2.97. The lowest BCUT2D eigenvalue weighted by Gasteiger charge is -2.22. The highest BCUT2D eigenvalue weighted by Crippen LogP contribution is 2.21. The van der Waals surface area contributed by atoms with Gasteiger partial charge in [0.15, 0.2) is 0 Å². The summed E-state index contributed by atoms with van der Waals surface area (Å²) in [7, 11) is 0. The maximum atomic E-state index is 12.4. The monoisotopic (exact) mass is 336 g/mol. The van der Waals surface area contributed by atoms with Crippen molar-refractivity contribution in [2.45, 2.75) is 47.0 Å². The second-order valence-electron chi connectivity index (χ2n) is 5.48. The number of nitrogens with one attached hydrogen (secondary N) is 1. The van der Waals surface area contributed by atoms with Crippen molar-refractivity contribution in [2.75, 3.05) is 24.2 Å². The highest BCUT2D eigenvalue weighted by molar-refractivity contribution is 8.13. The highest BCUT2D eigenvalue weighted by Gasteiger charge is 2.17. The summed E-state index contributed by atoms with van der Waals surface area (Å²) in [6.45, 7) is 8.83. The second kappa shape index (κ2) is 10.3. The van der Waals surface area contributed by atoms with Crippen LogP contribution >= 0.6 is 11.8 Å². The molecule has 0 bridgehead atoms. The molecule has 23 heavy (non-hydrogen) atoms. The maximum Gasteiger partial charge on any atom is 0.282 e. The van der Waals surface area contributed by atoms with Crippen LogP contribution in [0.2, 0.25) is 0 Å². The fraction of sp³-hybridized carbons (Fsp3) is 0.556. The molecule has 5 heteroatoms. The minimum Gasteiger partial charge on any atom is -0.324 e. The molecule has 0 saturated carbocycles. The van der Waals surface area contributed by atoms with Gasteiger partial charge in [0.25, 0.3) is 5.24 Å². The van der Waals surface area contributed by atoms with Gasteiger partial charge in [-0.2, -0.15) is 0 Å². The number of thioether (sulfide) groups is 1. The molecule has 4 nitrogen and oxygen atoms in total. The number of para-hydroxylation sites is 1. The lowest BCUT2D eigenvalue weighted by Crippen LogP contribution is -2.37. The summed E-state index contributed by atoms with van der Waals surface area (Å²) in [6, 6.07) is 6.01. The Labute approximate surface area is 144 Å². The molecule has 0 spiro atoms. The summed E-state index contributed by atoms with van der Waals surface area (Å²) in [6.07, 6.45) is 2.77. The van der Waals surface area contributed by atoms with Crippen LogP contribution in [0.5, 0.6) is 0 Å². The van der Waals surface area contributed by atoms with Gasteiger partial charge in [-0.05, 0) is 36.6 Å². The van der Waals surface area contributed by atoms with Gasteiger partial charge in [-0.25, -0.2) is 0 Å². The number of carbonyl (C=O) groups excluding carboxylic acids is 2. The zero-order valence-corrected chi connectivity index (χ0v) is 15.5. The van der Waals surface area contributed by atoms with Crippen LogP contribution in [0.15, 0.2) is 18.2 Å². The Balaban J connectivity index is 2.77. The fourth-order valence-corrected chi connectivity index (χ4v) is 2.94. The molecule has 0 unspecified atom stereocenters. The van der Waals surface area contributed by atoms with Crippen molar-refractivity contribution >= 4 is 28.6 Å². The molecule has 0 fully saturated rings. The number of benzene rings is 1. The van der Waals surface area contributed by atoms with Gasteiger partial charge in [0.2, 0.25) is 5.91 Å². The average Bonchev–Trinajstić information content (AvgIpc) is 2.53. The predicted octanol–water partition coefficient (Wildman–Crippen LogP) is 4.47. The van der Waals surface area contributed by atoms with Gasteiger partial charge in [0.05, 0.1) is 0 Å². The van der Waals surface area contributed by atoms with Crippen molar-refractivity contribution in [3.63, 3.8) is 0 Å². The van der Waals surface area contributed by atoms with E-state index in [9.17, 15) is 9.59 Å². The van der Waals surface area contributed by atoms with E-state index in [1.807, 2.05) is 32.0 Å². The lowest BCUT2D eigenvalue weighted by molar-refractivity contribution is -0.116. The Morgan fingerprint density at radius 3 is 2.57 bits per heavy atom. The van der Waals surface area contributed by atoms with Gasteiger partial charge in [-0.1, -0.05) is 57.2 Å². The van der Waals surface area contributed by atoms with Crippen molar-refractivity contribution in [1.82, 2.24) is 4.90 Å². The molecule has 0 radical (unpaired) electrons. The molecule has 128 valence electrons. The second-order valence-corrected chi connectivity index (χ2v) is 6.70. The van der Waals surface area contributed by atoms with Crippen molar-refractivity contribution in [2.24, 2.45) is 0 Å². The number of unbranched alkanes of at least 4 members (excludes halogenated alkanes) is 1. The first kappa shape index (κ1) is 19.6. The fourth-order valence-electron chi connectivity index (χ4n) is 2.35. The van der Waals surface area contributed by atoms with Crippen LogP contribution in [0.1, 0.15) is 44.7 Å². The quantitative estimate of drug-likeness (QED) is 0.762. The van der Waals surface area contributed by atoms with Gasteiger partial charge in [0.1, 0.15) is 6.54 Å². The summed E-state index contributed by atoms with van der Waals surface area (Å²) < 4.78 is 0. The maximum absolute atomic E-state index is 12.4. The Bertz CT molecular complexity index is 532. The molecular formula is C18H28N2O2S. The molecule has 0 heterocycles. The van der Waals surface area contributed by atoms with E-state index >= 15 is 0 Å². The van der Waals surface area contributed by atoms with Crippen LogP contribution in [-0.4, -0.2) is 34.9 Å². The molecule has 1 rings (SSSR count). The van der Waals surface area contributed by atoms with Crippen LogP contribution in [0.3, 0.4) is 0 Å². The summed E-state index contributed by atoms with van der Waals surface area (Å²) in [5.74, 6) is 0.594. The van der Waals surface area contributed by atoms with Gasteiger partial charge in [0, 0.05) is 12.2 Å². The van der Waals surface area contributed by atoms with Crippen molar-refractivity contribution in [1.29, 1.82) is 0 Å². The molecule has 0 saturated heterocycles. The number of anilines is 1. The number of nitrogens with zero attached hydrogens (tertiary/aromatic N) is 1. The first-order valence-electron chi connectivity index (χ1n) is 8.33. The topological polar surface area (TPSA) is 49.4 Å². The molecule has 1 N–H and O–H groups in total. The number of carbonyl (C=O) groups is 2. The SMILES string of the molecule is CCCCN(CC(=O)Nc1c(C)cccc1CC)C(=O)SCC. The van der Waals surface area contributed by atoms with E-state index in [2.05, 4.69) is 19.2 Å². The first-order chi connectivity index (χ1) is 11.0. The minimum atomic E-state index is -0.129. The van der Waals surface area contributed by atoms with Crippen LogP contribution < -0.4 is 5.32 Å². The van der Waals surface area contributed by atoms with E-state index < -0.39 is 0 Å². The molecule has 0 aromatic heterocycles. The number of hydrogen-bond acceptors (Lipinski definition) is 3. The van der Waals surface area contributed by atoms with Gasteiger partial charge in [-0.15, -0.1) is 0 Å². The van der Waals surface area contributed by atoms with Gasteiger partial charge < -0.3 is 10.2 Å². The summed E-state index contributed by atoms with van der Waals surface area (Å²) in [4.78, 5) is 26.2. The number of hydrogen-bond donors (Lipinski definition) is 1. The zero-order chi connectivity index (χ0) is 17.2. The average molecular weight is 337 g/mol. The van der Waals surface area contributed by atoms with E-state index in [0.29, 0.717) is 6.54 Å². The molecule has 0 aliphatic heterocycles. The van der Waals surface area contributed by atoms with E-state index in [1.54, 1.807) is 4.90 Å². The Morgan fingerprint density at radius 1 is 1.22 bits per heavy atom. The molecule has 0 atom stereocenters. The molecule has 0 aliphatic rings. The first-order valence-corrected chi connectivity index (χ1v) is 9.32. The largest absolute Gasteiger partial charge is 0.324 e. The normalized spacial score (nSPS) is 10.4. The van der Waals surface area contributed by atoms with E-state index in [0.717, 1.165) is 41.8 Å². The Kier molecular flexibility index (Phi) is 8.77.